The van der Waals surface area contributed by atoms with Crippen LogP contribution in [-0.2, 0) is 4.79 Å². The maximum absolute atomic E-state index is 13.8. The summed E-state index contributed by atoms with van der Waals surface area (Å²) < 4.78 is 2.99. The van der Waals surface area contributed by atoms with E-state index >= 15 is 0 Å². The minimum Gasteiger partial charge on any atom is -0.370 e. The second kappa shape index (κ2) is 11.1. The topological polar surface area (TPSA) is 90.5 Å². The largest absolute Gasteiger partial charge is 0.370 e. The van der Waals surface area contributed by atoms with Crippen LogP contribution < -0.4 is 19.8 Å². The van der Waals surface area contributed by atoms with E-state index in [0.29, 0.717) is 29.7 Å². The van der Waals surface area contributed by atoms with Crippen LogP contribution in [0, 0.1) is 22.7 Å². The molecule has 4 bridgehead atoms. The summed E-state index contributed by atoms with van der Waals surface area (Å²) in [6.07, 6.45) is 5.00. The van der Waals surface area contributed by atoms with Crippen molar-refractivity contribution in [1.82, 2.24) is 14.7 Å². The zero-order chi connectivity index (χ0) is 29.6. The van der Waals surface area contributed by atoms with E-state index < -0.39 is 0 Å². The molecular weight excluding hydrogens is 532 g/mol. The van der Waals surface area contributed by atoms with Gasteiger partial charge in [-0.05, 0) is 87.0 Å². The van der Waals surface area contributed by atoms with Gasteiger partial charge in [0.25, 0.3) is 5.91 Å². The van der Waals surface area contributed by atoms with Crippen molar-refractivity contribution < 1.29 is 9.59 Å². The summed E-state index contributed by atoms with van der Waals surface area (Å²) in [5.74, 6) is 2.47. The minimum atomic E-state index is -0.213. The predicted molar refractivity (Wildman–Crippen MR) is 167 cm³/mol. The number of amides is 2. The molecule has 2 fully saturated rings. The Labute approximate surface area is 249 Å². The zero-order valence-electron chi connectivity index (χ0n) is 25.7. The van der Waals surface area contributed by atoms with Crippen LogP contribution in [0.4, 0.5) is 17.5 Å². The Kier molecular flexibility index (Phi) is 8.05. The van der Waals surface area contributed by atoms with Crippen LogP contribution in [0.5, 0.6) is 0 Å². The summed E-state index contributed by atoms with van der Waals surface area (Å²) in [7, 11) is 0. The fourth-order valence-corrected chi connectivity index (χ4v) is 7.26. The van der Waals surface area contributed by atoms with E-state index in [0.717, 1.165) is 56.0 Å². The average molecular weight is 579 g/mol. The molecule has 2 atom stereocenters. The van der Waals surface area contributed by atoms with Gasteiger partial charge in [-0.15, -0.1) is 0 Å². The Balaban J connectivity index is 1.49. The van der Waals surface area contributed by atoms with Gasteiger partial charge in [-0.3, -0.25) is 19.2 Å². The minimum absolute atomic E-state index is 0.0506. The van der Waals surface area contributed by atoms with E-state index in [2.05, 4.69) is 68.4 Å². The maximum atomic E-state index is 13.8. The van der Waals surface area contributed by atoms with E-state index in [1.54, 1.807) is 0 Å². The molecule has 2 N–H and O–H groups in total. The Morgan fingerprint density at radius 1 is 1.07 bits per heavy atom. The van der Waals surface area contributed by atoms with Crippen LogP contribution in [0.3, 0.4) is 0 Å². The number of hydrogen-bond acceptors (Lipinski definition) is 7. The molecule has 8 nitrogen and oxygen atoms in total. The van der Waals surface area contributed by atoms with Gasteiger partial charge >= 0.3 is 0 Å². The van der Waals surface area contributed by atoms with Crippen LogP contribution in [-0.4, -0.2) is 47.0 Å². The number of pyridine rings is 2. The number of rotatable bonds is 3. The molecule has 0 aromatic carbocycles. The second-order valence-corrected chi connectivity index (χ2v) is 15.4. The lowest BCUT2D eigenvalue weighted by Crippen LogP contribution is -2.40. The molecule has 2 aromatic heterocycles. The molecule has 3 aliphatic rings. The number of nitrogens with one attached hydrogen (secondary N) is 2. The molecule has 2 saturated heterocycles. The summed E-state index contributed by atoms with van der Waals surface area (Å²) in [5.41, 5.74) is 0.371. The third-order valence-corrected chi connectivity index (χ3v) is 9.64. The number of hydrogen-bond donors (Lipinski definition) is 2. The van der Waals surface area contributed by atoms with E-state index in [-0.39, 0.29) is 34.1 Å². The van der Waals surface area contributed by atoms with Crippen molar-refractivity contribution in [3.05, 3.63) is 35.9 Å². The van der Waals surface area contributed by atoms with Gasteiger partial charge in [0.05, 0.1) is 5.56 Å². The highest BCUT2D eigenvalue weighted by atomic mass is 32.2. The number of carbonyl (C=O) groups is 2. The standard InChI is InChI=1S/C32H46N6O2S/c1-30(2,3)16-15-23-29(40)37(20-31(23,4)5)25-14-13-22-27(35-25)38-19-21(18-32(38,6)7)10-9-17-33-24-11-8-12-26(34-24)41-36-28(22)39/h8,11-14,21,23H,9-10,15-20H2,1-7H3,(H,33,34)(H,36,39). The second-order valence-electron chi connectivity index (χ2n) is 14.6. The van der Waals surface area contributed by atoms with Gasteiger partial charge in [0.2, 0.25) is 5.91 Å². The molecule has 0 aliphatic carbocycles. The van der Waals surface area contributed by atoms with Crippen molar-refractivity contribution in [3.63, 3.8) is 0 Å². The smallest absolute Gasteiger partial charge is 0.265 e. The molecule has 3 aliphatic heterocycles. The third-order valence-electron chi connectivity index (χ3n) is 8.92. The highest BCUT2D eigenvalue weighted by Crippen LogP contribution is 2.44. The van der Waals surface area contributed by atoms with Crippen LogP contribution in [0.2, 0.25) is 0 Å². The summed E-state index contributed by atoms with van der Waals surface area (Å²) in [6, 6.07) is 9.49. The molecular formula is C32H46N6O2S. The van der Waals surface area contributed by atoms with Crippen molar-refractivity contribution in [2.75, 3.05) is 34.8 Å². The molecule has 41 heavy (non-hydrogen) atoms. The van der Waals surface area contributed by atoms with Crippen molar-refractivity contribution >= 4 is 41.2 Å². The molecule has 9 heteroatoms. The van der Waals surface area contributed by atoms with E-state index in [9.17, 15) is 9.59 Å². The lowest BCUT2D eigenvalue weighted by Gasteiger charge is -2.34. The summed E-state index contributed by atoms with van der Waals surface area (Å²) in [5, 5.41) is 4.15. The first-order valence-corrected chi connectivity index (χ1v) is 15.8. The SMILES string of the molecule is CC(C)(C)CCC1C(=O)N(c2ccc3c(n2)N2CC(CCCNc4cccc(n4)SNC3=O)CC2(C)C)CC1(C)C. The van der Waals surface area contributed by atoms with Gasteiger partial charge in [-0.25, -0.2) is 9.97 Å². The summed E-state index contributed by atoms with van der Waals surface area (Å²) in [6.45, 7) is 17.8. The summed E-state index contributed by atoms with van der Waals surface area (Å²) >= 11 is 1.21. The molecule has 5 heterocycles. The van der Waals surface area contributed by atoms with E-state index in [1.807, 2.05) is 35.2 Å². The molecule has 0 radical (unpaired) electrons. The summed E-state index contributed by atoms with van der Waals surface area (Å²) in [4.78, 5) is 41.4. The Hall–Kier alpha value is -2.81. The molecule has 2 amide bonds. The number of anilines is 3. The van der Waals surface area contributed by atoms with Gasteiger partial charge in [-0.2, -0.15) is 0 Å². The number of aromatic nitrogens is 2. The van der Waals surface area contributed by atoms with E-state index in [4.69, 9.17) is 4.98 Å². The fraction of sp³-hybridized carbons (Fsp3) is 0.625. The van der Waals surface area contributed by atoms with Gasteiger partial charge in [0, 0.05) is 43.0 Å². The molecule has 2 aromatic rings. The van der Waals surface area contributed by atoms with Gasteiger partial charge in [0.1, 0.15) is 22.5 Å². The van der Waals surface area contributed by atoms with Gasteiger partial charge in [-0.1, -0.05) is 40.7 Å². The first kappa shape index (κ1) is 29.7. The quantitative estimate of drug-likeness (QED) is 0.400. The molecule has 0 spiro atoms. The Morgan fingerprint density at radius 3 is 2.61 bits per heavy atom. The monoisotopic (exact) mass is 578 g/mol. The van der Waals surface area contributed by atoms with Crippen molar-refractivity contribution in [2.24, 2.45) is 22.7 Å². The lowest BCUT2D eigenvalue weighted by atomic mass is 9.76. The highest BCUT2D eigenvalue weighted by Gasteiger charge is 2.47. The van der Waals surface area contributed by atoms with Crippen LogP contribution in [0.25, 0.3) is 0 Å². The van der Waals surface area contributed by atoms with Crippen molar-refractivity contribution in [2.45, 2.75) is 91.1 Å². The average Bonchev–Trinajstić information content (AvgIpc) is 3.32. The molecule has 222 valence electrons. The lowest BCUT2D eigenvalue weighted by molar-refractivity contribution is -0.122. The molecule has 5 rings (SSSR count). The van der Waals surface area contributed by atoms with Crippen molar-refractivity contribution in [1.29, 1.82) is 0 Å². The zero-order valence-corrected chi connectivity index (χ0v) is 26.5. The Morgan fingerprint density at radius 2 is 1.85 bits per heavy atom. The van der Waals surface area contributed by atoms with Crippen LogP contribution in [0.1, 0.15) is 90.9 Å². The molecule has 0 saturated carbocycles. The van der Waals surface area contributed by atoms with E-state index in [1.165, 1.54) is 11.9 Å². The van der Waals surface area contributed by atoms with Gasteiger partial charge < -0.3 is 10.2 Å². The number of nitrogens with zero attached hydrogens (tertiary/aromatic N) is 4. The number of fused-ring (bicyclic) bond motifs is 6. The normalized spacial score (nSPS) is 24.3. The molecule has 2 unspecified atom stereocenters. The Bertz CT molecular complexity index is 1300. The third kappa shape index (κ3) is 6.50. The first-order chi connectivity index (χ1) is 19.2. The fourth-order valence-electron chi connectivity index (χ4n) is 6.66. The predicted octanol–water partition coefficient (Wildman–Crippen LogP) is 6.54. The maximum Gasteiger partial charge on any atom is 0.265 e. The van der Waals surface area contributed by atoms with Gasteiger partial charge in [0.15, 0.2) is 0 Å². The van der Waals surface area contributed by atoms with Crippen LogP contribution in [0.15, 0.2) is 35.4 Å². The van der Waals surface area contributed by atoms with Crippen LogP contribution >= 0.6 is 11.9 Å². The van der Waals surface area contributed by atoms with Crippen molar-refractivity contribution in [3.8, 4) is 0 Å². The highest BCUT2D eigenvalue weighted by molar-refractivity contribution is 7.97. The first-order valence-electron chi connectivity index (χ1n) is 15.0. The number of carbonyl (C=O) groups excluding carboxylic acids is 2.